The van der Waals surface area contributed by atoms with Crippen LogP contribution in [-0.2, 0) is 19.4 Å². The maximum atomic E-state index is 5.95. The van der Waals surface area contributed by atoms with Crippen molar-refractivity contribution in [1.29, 1.82) is 0 Å². The molecule has 0 unspecified atom stereocenters. The fraction of sp³-hybridized carbons (Fsp3) is 0.400. The number of hydrogen-bond donors (Lipinski definition) is 0. The van der Waals surface area contributed by atoms with Gasteiger partial charge in [-0.25, -0.2) is 0 Å². The maximum absolute atomic E-state index is 5.95. The van der Waals surface area contributed by atoms with Gasteiger partial charge in [0.05, 0.1) is 13.2 Å². The molecule has 4 rings (SSSR count). The highest BCUT2D eigenvalue weighted by atomic mass is 35.5. The lowest BCUT2D eigenvalue weighted by molar-refractivity contribution is 0.255. The van der Waals surface area contributed by atoms with Crippen molar-refractivity contribution in [2.24, 2.45) is 0 Å². The van der Waals surface area contributed by atoms with Gasteiger partial charge >= 0.3 is 0 Å². The Bertz CT molecular complexity index is 714. The average Bonchev–Trinajstić information content (AvgIpc) is 2.84. The van der Waals surface area contributed by atoms with E-state index in [0.717, 1.165) is 68.6 Å². The molecule has 24 heavy (non-hydrogen) atoms. The standard InChI is InChI=1S/C20H22ClNO2/c21-18-4-2-15(3-5-18)6-8-22-9-7-16-12-19-20(13-17(16)14-22)24-11-1-10-23-19/h2-5,12-13H,1,6-11,14H2. The van der Waals surface area contributed by atoms with Crippen LogP contribution in [0, 0.1) is 0 Å². The minimum absolute atomic E-state index is 0.742. The summed E-state index contributed by atoms with van der Waals surface area (Å²) in [7, 11) is 0. The molecule has 3 nitrogen and oxygen atoms in total. The van der Waals surface area contributed by atoms with Gasteiger partial charge in [0.15, 0.2) is 11.5 Å². The van der Waals surface area contributed by atoms with E-state index in [1.165, 1.54) is 16.7 Å². The fourth-order valence-corrected chi connectivity index (χ4v) is 3.53. The summed E-state index contributed by atoms with van der Waals surface area (Å²) in [6.45, 7) is 4.64. The van der Waals surface area contributed by atoms with Gasteiger partial charge in [-0.05, 0) is 53.8 Å². The van der Waals surface area contributed by atoms with E-state index < -0.39 is 0 Å². The molecular formula is C20H22ClNO2. The van der Waals surface area contributed by atoms with Gasteiger partial charge in [-0.3, -0.25) is 4.90 Å². The molecule has 0 saturated carbocycles. The summed E-state index contributed by atoms with van der Waals surface area (Å²) in [6, 6.07) is 12.5. The van der Waals surface area contributed by atoms with Crippen LogP contribution < -0.4 is 9.47 Å². The highest BCUT2D eigenvalue weighted by Gasteiger charge is 2.20. The van der Waals surface area contributed by atoms with Gasteiger partial charge in [0.1, 0.15) is 0 Å². The topological polar surface area (TPSA) is 21.7 Å². The number of hydrogen-bond acceptors (Lipinski definition) is 3. The Kier molecular flexibility index (Phi) is 4.63. The van der Waals surface area contributed by atoms with Crippen molar-refractivity contribution in [3.05, 3.63) is 58.1 Å². The first kappa shape index (κ1) is 15.8. The minimum Gasteiger partial charge on any atom is -0.490 e. The monoisotopic (exact) mass is 343 g/mol. The summed E-state index contributed by atoms with van der Waals surface area (Å²) in [6.07, 6.45) is 3.08. The second-order valence-corrected chi connectivity index (χ2v) is 6.96. The van der Waals surface area contributed by atoms with Crippen LogP contribution in [-0.4, -0.2) is 31.2 Å². The maximum Gasteiger partial charge on any atom is 0.161 e. The van der Waals surface area contributed by atoms with Crippen LogP contribution in [0.2, 0.25) is 5.02 Å². The molecule has 2 aromatic carbocycles. The summed E-state index contributed by atoms with van der Waals surface area (Å²) >= 11 is 5.95. The largest absolute Gasteiger partial charge is 0.490 e. The summed E-state index contributed by atoms with van der Waals surface area (Å²) in [5.74, 6) is 1.83. The summed E-state index contributed by atoms with van der Waals surface area (Å²) in [5.41, 5.74) is 4.12. The van der Waals surface area contributed by atoms with Crippen molar-refractivity contribution in [3.8, 4) is 11.5 Å². The van der Waals surface area contributed by atoms with Crippen LogP contribution in [0.15, 0.2) is 36.4 Å². The van der Waals surface area contributed by atoms with Gasteiger partial charge in [-0.15, -0.1) is 0 Å². The number of nitrogens with zero attached hydrogens (tertiary/aromatic N) is 1. The van der Waals surface area contributed by atoms with Gasteiger partial charge in [0, 0.05) is 31.1 Å². The van der Waals surface area contributed by atoms with Crippen LogP contribution in [0.4, 0.5) is 0 Å². The third-order valence-corrected chi connectivity index (χ3v) is 5.04. The normalized spacial score (nSPS) is 17.2. The predicted molar refractivity (Wildman–Crippen MR) is 96.2 cm³/mol. The van der Waals surface area contributed by atoms with Crippen LogP contribution in [0.25, 0.3) is 0 Å². The van der Waals surface area contributed by atoms with Gasteiger partial charge in [-0.1, -0.05) is 23.7 Å². The van der Waals surface area contributed by atoms with Crippen LogP contribution >= 0.6 is 11.6 Å². The SMILES string of the molecule is Clc1ccc(CCN2CCc3cc4c(cc3C2)OCCCO4)cc1. The summed E-state index contributed by atoms with van der Waals surface area (Å²) in [4.78, 5) is 2.51. The number of fused-ring (bicyclic) bond motifs is 2. The number of benzene rings is 2. The minimum atomic E-state index is 0.742. The van der Waals surface area contributed by atoms with Crippen molar-refractivity contribution in [2.75, 3.05) is 26.3 Å². The summed E-state index contributed by atoms with van der Waals surface area (Å²) < 4.78 is 11.6. The second kappa shape index (κ2) is 7.04. The Hall–Kier alpha value is -1.71. The first-order valence-electron chi connectivity index (χ1n) is 8.66. The van der Waals surface area contributed by atoms with E-state index in [0.29, 0.717) is 0 Å². The second-order valence-electron chi connectivity index (χ2n) is 6.52. The number of rotatable bonds is 3. The highest BCUT2D eigenvalue weighted by molar-refractivity contribution is 6.30. The van der Waals surface area contributed by atoms with Crippen LogP contribution in [0.5, 0.6) is 11.5 Å². The predicted octanol–water partition coefficient (Wildman–Crippen LogP) is 4.10. The van der Waals surface area contributed by atoms with Gasteiger partial charge in [0.25, 0.3) is 0 Å². The third-order valence-electron chi connectivity index (χ3n) is 4.79. The summed E-state index contributed by atoms with van der Waals surface area (Å²) in [5, 5.41) is 0.800. The van der Waals surface area contributed by atoms with E-state index >= 15 is 0 Å². The van der Waals surface area contributed by atoms with Crippen molar-refractivity contribution in [1.82, 2.24) is 4.90 Å². The first-order chi connectivity index (χ1) is 11.8. The molecule has 0 N–H and O–H groups in total. The fourth-order valence-electron chi connectivity index (χ4n) is 3.40. The molecule has 0 fully saturated rings. The van der Waals surface area contributed by atoms with Crippen molar-refractivity contribution in [2.45, 2.75) is 25.8 Å². The molecule has 0 aromatic heterocycles. The molecule has 0 atom stereocenters. The molecule has 0 bridgehead atoms. The van der Waals surface area contributed by atoms with E-state index in [2.05, 4.69) is 29.2 Å². The zero-order valence-electron chi connectivity index (χ0n) is 13.8. The Labute approximate surface area is 148 Å². The molecule has 0 aliphatic carbocycles. The quantitative estimate of drug-likeness (QED) is 0.837. The Morgan fingerprint density at radius 1 is 0.958 bits per heavy atom. The van der Waals surface area contributed by atoms with Gasteiger partial charge in [0.2, 0.25) is 0 Å². The average molecular weight is 344 g/mol. The molecule has 0 saturated heterocycles. The lowest BCUT2D eigenvalue weighted by Crippen LogP contribution is -2.32. The molecular weight excluding hydrogens is 322 g/mol. The van der Waals surface area contributed by atoms with E-state index in [4.69, 9.17) is 21.1 Å². The van der Waals surface area contributed by atoms with Crippen molar-refractivity contribution < 1.29 is 9.47 Å². The number of ether oxygens (including phenoxy) is 2. The molecule has 4 heteroatoms. The molecule has 0 spiro atoms. The molecule has 126 valence electrons. The van der Waals surface area contributed by atoms with E-state index in [9.17, 15) is 0 Å². The molecule has 0 radical (unpaired) electrons. The van der Waals surface area contributed by atoms with E-state index in [-0.39, 0.29) is 0 Å². The Balaban J connectivity index is 1.43. The van der Waals surface area contributed by atoms with Gasteiger partial charge in [-0.2, -0.15) is 0 Å². The first-order valence-corrected chi connectivity index (χ1v) is 9.04. The van der Waals surface area contributed by atoms with Crippen LogP contribution in [0.1, 0.15) is 23.1 Å². The van der Waals surface area contributed by atoms with E-state index in [1.54, 1.807) is 0 Å². The van der Waals surface area contributed by atoms with Crippen molar-refractivity contribution >= 4 is 11.6 Å². The highest BCUT2D eigenvalue weighted by Crippen LogP contribution is 2.35. The van der Waals surface area contributed by atoms with E-state index in [1.807, 2.05) is 12.1 Å². The lowest BCUT2D eigenvalue weighted by Gasteiger charge is -2.29. The zero-order chi connectivity index (χ0) is 16.4. The molecule has 2 aliphatic rings. The molecule has 2 aromatic rings. The third kappa shape index (κ3) is 3.52. The smallest absolute Gasteiger partial charge is 0.161 e. The van der Waals surface area contributed by atoms with Crippen LogP contribution in [0.3, 0.4) is 0 Å². The Morgan fingerprint density at radius 2 is 1.67 bits per heavy atom. The molecule has 0 amide bonds. The van der Waals surface area contributed by atoms with Crippen molar-refractivity contribution in [3.63, 3.8) is 0 Å². The lowest BCUT2D eigenvalue weighted by atomic mass is 9.98. The molecule has 2 heterocycles. The van der Waals surface area contributed by atoms with Gasteiger partial charge < -0.3 is 9.47 Å². The zero-order valence-corrected chi connectivity index (χ0v) is 14.5. The molecule has 2 aliphatic heterocycles. The Morgan fingerprint density at radius 3 is 2.42 bits per heavy atom. The number of halogens is 1.